The van der Waals surface area contributed by atoms with Crippen LogP contribution in [-0.2, 0) is 0 Å². The zero-order valence-electron chi connectivity index (χ0n) is 25.0. The highest BCUT2D eigenvalue weighted by Gasteiger charge is 2.64. The number of anilines is 1. The third kappa shape index (κ3) is 5.75. The maximum Gasteiger partial charge on any atom is 0.251 e. The van der Waals surface area contributed by atoms with Crippen LogP contribution in [0.15, 0.2) is 42.5 Å². The van der Waals surface area contributed by atoms with Gasteiger partial charge < -0.3 is 24.8 Å². The van der Waals surface area contributed by atoms with Crippen LogP contribution in [0.2, 0.25) is 0 Å². The molecule has 41 heavy (non-hydrogen) atoms. The van der Waals surface area contributed by atoms with E-state index < -0.39 is 0 Å². The number of carbonyl (C=O) groups excluding carboxylic acids is 1. The Labute approximate surface area is 244 Å². The minimum absolute atomic E-state index is 0.0791. The summed E-state index contributed by atoms with van der Waals surface area (Å²) in [5, 5.41) is 22.5. The molecule has 2 aliphatic heterocycles. The first-order valence-electron chi connectivity index (χ1n) is 14.9. The number of methoxy groups -OCH3 is 1. The van der Waals surface area contributed by atoms with Gasteiger partial charge in [-0.15, -0.1) is 0 Å². The fourth-order valence-electron chi connectivity index (χ4n) is 7.55. The van der Waals surface area contributed by atoms with Crippen LogP contribution >= 0.6 is 0 Å². The van der Waals surface area contributed by atoms with Gasteiger partial charge in [-0.2, -0.15) is 5.26 Å². The monoisotopic (exact) mass is 560 g/mol. The van der Waals surface area contributed by atoms with Crippen molar-refractivity contribution in [2.75, 3.05) is 38.2 Å². The van der Waals surface area contributed by atoms with Crippen molar-refractivity contribution >= 4 is 11.6 Å². The molecular weight excluding hydrogens is 516 g/mol. The lowest BCUT2D eigenvalue weighted by Crippen LogP contribution is -2.74. The summed E-state index contributed by atoms with van der Waals surface area (Å²) in [6.45, 7) is 12.4. The third-order valence-corrected chi connectivity index (χ3v) is 9.57. The molecule has 8 heteroatoms. The van der Waals surface area contributed by atoms with E-state index in [0.29, 0.717) is 28.7 Å². The molecule has 2 saturated heterocycles. The minimum atomic E-state index is -0.312. The molecule has 0 unspecified atom stereocenters. The largest absolute Gasteiger partial charge is 0.495 e. The maximum absolute atomic E-state index is 13.4. The van der Waals surface area contributed by atoms with Crippen LogP contribution in [0, 0.1) is 22.2 Å². The molecule has 8 nitrogen and oxygen atoms in total. The Morgan fingerprint density at radius 3 is 2.34 bits per heavy atom. The molecule has 2 N–H and O–H groups in total. The zero-order chi connectivity index (χ0) is 29.4. The molecule has 220 valence electrons. The summed E-state index contributed by atoms with van der Waals surface area (Å²) in [4.78, 5) is 18.3. The lowest BCUT2D eigenvalue weighted by atomic mass is 9.49. The van der Waals surface area contributed by atoms with Gasteiger partial charge in [-0.3, -0.25) is 9.69 Å². The Hall–Kier alpha value is -3.28. The summed E-state index contributed by atoms with van der Waals surface area (Å²) < 4.78 is 11.8. The number of nitrogens with one attached hydrogen (secondary N) is 1. The van der Waals surface area contributed by atoms with Crippen LogP contribution < -0.4 is 19.7 Å². The molecule has 3 aliphatic rings. The Morgan fingerprint density at radius 2 is 1.71 bits per heavy atom. The molecule has 1 aliphatic carbocycles. The topological polar surface area (TPSA) is 98.1 Å². The summed E-state index contributed by atoms with van der Waals surface area (Å²) in [5.74, 6) is 1.05. The number of aliphatic hydroxyl groups excluding tert-OH is 1. The lowest BCUT2D eigenvalue weighted by molar-refractivity contribution is -0.164. The molecule has 3 fully saturated rings. The summed E-state index contributed by atoms with van der Waals surface area (Å²) in [5.41, 5.74) is 1.64. The molecule has 0 aromatic heterocycles. The molecule has 5 rings (SSSR count). The molecule has 0 radical (unpaired) electrons. The molecule has 2 heterocycles. The van der Waals surface area contributed by atoms with Crippen LogP contribution in [0.5, 0.6) is 11.5 Å². The maximum atomic E-state index is 13.4. The van der Waals surface area contributed by atoms with Crippen molar-refractivity contribution in [2.45, 2.75) is 77.7 Å². The molecule has 1 atom stereocenters. The Balaban J connectivity index is 1.20. The fourth-order valence-corrected chi connectivity index (χ4v) is 7.55. The number of ether oxygens (including phenoxy) is 2. The smallest absolute Gasteiger partial charge is 0.251 e. The molecule has 0 spiro atoms. The number of nitrogens with zero attached hydrogens (tertiary/aromatic N) is 3. The Kier molecular flexibility index (Phi) is 8.22. The second-order valence-corrected chi connectivity index (χ2v) is 13.1. The van der Waals surface area contributed by atoms with Gasteiger partial charge in [-0.25, -0.2) is 0 Å². The highest BCUT2D eigenvalue weighted by molar-refractivity contribution is 5.95. The van der Waals surface area contributed by atoms with Gasteiger partial charge in [-0.05, 0) is 62.1 Å². The van der Waals surface area contributed by atoms with Crippen molar-refractivity contribution in [2.24, 2.45) is 10.8 Å². The first kappa shape index (κ1) is 29.2. The van der Waals surface area contributed by atoms with E-state index in [9.17, 15) is 15.2 Å². The number of rotatable bonds is 7. The van der Waals surface area contributed by atoms with Crippen molar-refractivity contribution in [3.05, 3.63) is 53.6 Å². The summed E-state index contributed by atoms with van der Waals surface area (Å²) >= 11 is 0. The first-order chi connectivity index (χ1) is 19.5. The fraction of sp³-hybridized carbons (Fsp3) is 0.576. The molecule has 0 bridgehead atoms. The lowest BCUT2D eigenvalue weighted by Gasteiger charge is -2.63. The summed E-state index contributed by atoms with van der Waals surface area (Å²) in [6.07, 6.45) is 3.79. The van der Waals surface area contributed by atoms with Gasteiger partial charge >= 0.3 is 0 Å². The molecule has 1 saturated carbocycles. The first-order valence-corrected chi connectivity index (χ1v) is 14.9. The highest BCUT2D eigenvalue weighted by atomic mass is 16.5. The van der Waals surface area contributed by atoms with E-state index in [4.69, 9.17) is 9.47 Å². The van der Waals surface area contributed by atoms with Crippen LogP contribution in [-0.4, -0.2) is 73.5 Å². The van der Waals surface area contributed by atoms with E-state index in [1.807, 2.05) is 12.1 Å². The quantitative estimate of drug-likeness (QED) is 0.511. The average Bonchev–Trinajstić information content (AvgIpc) is 2.98. The third-order valence-electron chi connectivity index (χ3n) is 9.57. The number of hydrogen-bond acceptors (Lipinski definition) is 7. The number of amides is 1. The minimum Gasteiger partial charge on any atom is -0.495 e. The second kappa shape index (κ2) is 11.5. The highest BCUT2D eigenvalue weighted by Crippen LogP contribution is 2.55. The number of carbonyl (C=O) groups is 1. The van der Waals surface area contributed by atoms with E-state index >= 15 is 0 Å². The van der Waals surface area contributed by atoms with Gasteiger partial charge in [0.2, 0.25) is 0 Å². The molecule has 2 aromatic rings. The summed E-state index contributed by atoms with van der Waals surface area (Å²) in [6, 6.07) is 15.8. The standard InChI is InChI=1S/C33H44N4O4/c1-32(2)30(33(3,4)31(32)41-27-13-10-23(20-34)28(19-27)40-5)35-29(39)22-8-11-24(12-9-22)37-16-6-7-25(21-37)36-17-14-26(38)15-18-36/h8-13,19,25-26,30-31,38H,6-7,14-18,21H2,1-5H3,(H,35,39)/t25-,30?,31?/m0/s1. The van der Waals surface area contributed by atoms with E-state index in [1.54, 1.807) is 25.3 Å². The van der Waals surface area contributed by atoms with Crippen LogP contribution in [0.4, 0.5) is 5.69 Å². The van der Waals surface area contributed by atoms with Crippen LogP contribution in [0.25, 0.3) is 0 Å². The van der Waals surface area contributed by atoms with E-state index in [1.165, 1.54) is 6.42 Å². The summed E-state index contributed by atoms with van der Waals surface area (Å²) in [7, 11) is 1.54. The SMILES string of the molecule is COc1cc(OC2C(C)(C)C(NC(=O)c3ccc(N4CCC[C@H](N5CCC(O)CC5)C4)cc3)C2(C)C)ccc1C#N. The molecule has 2 aromatic carbocycles. The Morgan fingerprint density at radius 1 is 1.02 bits per heavy atom. The van der Waals surface area contributed by atoms with Gasteiger partial charge in [0.25, 0.3) is 5.91 Å². The second-order valence-electron chi connectivity index (χ2n) is 13.1. The van der Waals surface area contributed by atoms with Crippen molar-refractivity contribution in [3.8, 4) is 17.6 Å². The van der Waals surface area contributed by atoms with E-state index in [-0.39, 0.29) is 35.0 Å². The van der Waals surface area contributed by atoms with Gasteiger partial charge in [0.15, 0.2) is 0 Å². The predicted molar refractivity (Wildman–Crippen MR) is 159 cm³/mol. The van der Waals surface area contributed by atoms with Crippen LogP contribution in [0.3, 0.4) is 0 Å². The van der Waals surface area contributed by atoms with E-state index in [2.05, 4.69) is 61.0 Å². The zero-order valence-corrected chi connectivity index (χ0v) is 25.0. The Bertz CT molecular complexity index is 1260. The van der Waals surface area contributed by atoms with Crippen LogP contribution in [0.1, 0.15) is 69.3 Å². The number of aliphatic hydroxyl groups is 1. The van der Waals surface area contributed by atoms with Crippen molar-refractivity contribution < 1.29 is 19.4 Å². The van der Waals surface area contributed by atoms with Gasteiger partial charge in [-0.1, -0.05) is 27.7 Å². The van der Waals surface area contributed by atoms with Gasteiger partial charge in [0.05, 0.1) is 18.8 Å². The number of piperidine rings is 2. The number of hydrogen-bond donors (Lipinski definition) is 2. The molecular formula is C33H44N4O4. The van der Waals surface area contributed by atoms with Crippen molar-refractivity contribution in [3.63, 3.8) is 0 Å². The van der Waals surface area contributed by atoms with Gasteiger partial charge in [0.1, 0.15) is 23.7 Å². The normalized spacial score (nSPS) is 26.0. The molecule has 1 amide bonds. The predicted octanol–water partition coefficient (Wildman–Crippen LogP) is 4.60. The van der Waals surface area contributed by atoms with Crippen molar-refractivity contribution in [1.82, 2.24) is 10.2 Å². The average molecular weight is 561 g/mol. The number of likely N-dealkylation sites (tertiary alicyclic amines) is 1. The van der Waals surface area contributed by atoms with Crippen molar-refractivity contribution in [1.29, 1.82) is 5.26 Å². The number of benzene rings is 2. The van der Waals surface area contributed by atoms with Gasteiger partial charge in [0, 0.05) is 66.4 Å². The van der Waals surface area contributed by atoms with E-state index in [0.717, 1.165) is 51.1 Å². The number of nitriles is 1.